The van der Waals surface area contributed by atoms with Gasteiger partial charge in [0.1, 0.15) is 10.1 Å². The van der Waals surface area contributed by atoms with E-state index in [0.717, 1.165) is 27.1 Å². The maximum atomic E-state index is 12.3. The molecule has 0 aliphatic carbocycles. The van der Waals surface area contributed by atoms with Crippen molar-refractivity contribution in [1.82, 2.24) is 10.3 Å². The Labute approximate surface area is 174 Å². The third kappa shape index (κ3) is 5.59. The van der Waals surface area contributed by atoms with Crippen LogP contribution in [-0.4, -0.2) is 18.0 Å². The van der Waals surface area contributed by atoms with Gasteiger partial charge in [-0.1, -0.05) is 53.7 Å². The molecule has 6 heteroatoms. The highest BCUT2D eigenvalue weighted by molar-refractivity contribution is 8.00. The van der Waals surface area contributed by atoms with E-state index in [9.17, 15) is 4.79 Å². The first kappa shape index (κ1) is 20.4. The highest BCUT2D eigenvalue weighted by Gasteiger charge is 2.10. The van der Waals surface area contributed by atoms with Crippen LogP contribution in [0.15, 0.2) is 52.2 Å². The summed E-state index contributed by atoms with van der Waals surface area (Å²) in [6.45, 7) is 4.69. The van der Waals surface area contributed by atoms with E-state index >= 15 is 0 Å². The van der Waals surface area contributed by atoms with Crippen molar-refractivity contribution in [2.75, 3.05) is 7.11 Å². The van der Waals surface area contributed by atoms with E-state index in [2.05, 4.69) is 42.3 Å². The zero-order valence-electron chi connectivity index (χ0n) is 16.3. The molecule has 0 saturated carbocycles. The zero-order valence-corrected chi connectivity index (χ0v) is 18.0. The van der Waals surface area contributed by atoms with Gasteiger partial charge in [0, 0.05) is 23.2 Å². The molecule has 2 aromatic carbocycles. The van der Waals surface area contributed by atoms with Crippen LogP contribution in [0.3, 0.4) is 0 Å². The number of thioether (sulfide) groups is 1. The minimum Gasteiger partial charge on any atom is -0.496 e. The van der Waals surface area contributed by atoms with Crippen molar-refractivity contribution in [1.29, 1.82) is 0 Å². The molecule has 0 saturated heterocycles. The molecule has 1 heterocycles. The second-order valence-corrected chi connectivity index (χ2v) is 8.67. The van der Waals surface area contributed by atoms with Gasteiger partial charge in [0.15, 0.2) is 0 Å². The number of nitrogens with zero attached hydrogens (tertiary/aromatic N) is 1. The lowest BCUT2D eigenvalue weighted by atomic mass is 10.1. The van der Waals surface area contributed by atoms with Crippen molar-refractivity contribution in [3.8, 4) is 5.75 Å². The topological polar surface area (TPSA) is 51.2 Å². The van der Waals surface area contributed by atoms with E-state index in [1.807, 2.05) is 29.6 Å². The number of nitrogens with one attached hydrogen (secondary N) is 1. The third-order valence-corrected chi connectivity index (χ3v) is 6.52. The monoisotopic (exact) mass is 412 g/mol. The number of thiazole rings is 1. The van der Waals surface area contributed by atoms with Crippen molar-refractivity contribution < 1.29 is 9.53 Å². The van der Waals surface area contributed by atoms with Crippen LogP contribution in [0.25, 0.3) is 0 Å². The standard InChI is InChI=1S/C22H24N2O2S2/c1-15-8-9-16(2)18(10-15)13-27-22-24-19(14-28-22)11-21(25)23-12-17-6-4-5-7-20(17)26-3/h4-10,14H,11-13H2,1-3H3,(H,23,25). The summed E-state index contributed by atoms with van der Waals surface area (Å²) in [5.74, 6) is 1.63. The summed E-state index contributed by atoms with van der Waals surface area (Å²) in [7, 11) is 1.63. The molecule has 0 aliphatic rings. The zero-order chi connectivity index (χ0) is 19.9. The van der Waals surface area contributed by atoms with Gasteiger partial charge < -0.3 is 10.1 Å². The molecule has 0 radical (unpaired) electrons. The average Bonchev–Trinajstić information content (AvgIpc) is 3.14. The lowest BCUT2D eigenvalue weighted by Crippen LogP contribution is -2.24. The summed E-state index contributed by atoms with van der Waals surface area (Å²) in [6, 6.07) is 14.2. The van der Waals surface area contributed by atoms with Gasteiger partial charge in [-0.05, 0) is 31.0 Å². The highest BCUT2D eigenvalue weighted by atomic mass is 32.2. The molecule has 0 aliphatic heterocycles. The normalized spacial score (nSPS) is 10.7. The van der Waals surface area contributed by atoms with Gasteiger partial charge in [-0.25, -0.2) is 4.98 Å². The van der Waals surface area contributed by atoms with Crippen LogP contribution in [-0.2, 0) is 23.5 Å². The lowest BCUT2D eigenvalue weighted by Gasteiger charge is -2.09. The number of rotatable bonds is 8. The number of hydrogen-bond donors (Lipinski definition) is 1. The summed E-state index contributed by atoms with van der Waals surface area (Å²) in [5, 5.41) is 4.91. The molecule has 0 atom stereocenters. The summed E-state index contributed by atoms with van der Waals surface area (Å²) in [5.41, 5.74) is 5.67. The fourth-order valence-corrected chi connectivity index (χ4v) is 4.71. The smallest absolute Gasteiger partial charge is 0.226 e. The third-order valence-electron chi connectivity index (χ3n) is 4.40. The fraction of sp³-hybridized carbons (Fsp3) is 0.273. The van der Waals surface area contributed by atoms with Gasteiger partial charge in [0.2, 0.25) is 5.91 Å². The van der Waals surface area contributed by atoms with Gasteiger partial charge in [-0.2, -0.15) is 0 Å². The van der Waals surface area contributed by atoms with Crippen LogP contribution >= 0.6 is 23.1 Å². The number of aryl methyl sites for hydroxylation is 2. The number of carbonyl (C=O) groups excluding carboxylic acids is 1. The quantitative estimate of drug-likeness (QED) is 0.534. The van der Waals surface area contributed by atoms with Gasteiger partial charge in [0.05, 0.1) is 19.2 Å². The van der Waals surface area contributed by atoms with E-state index in [0.29, 0.717) is 6.54 Å². The van der Waals surface area contributed by atoms with Crippen LogP contribution in [0.5, 0.6) is 5.75 Å². The molecule has 0 fully saturated rings. The summed E-state index contributed by atoms with van der Waals surface area (Å²) in [6.07, 6.45) is 0.287. The first-order valence-electron chi connectivity index (χ1n) is 9.07. The van der Waals surface area contributed by atoms with Crippen molar-refractivity contribution in [3.63, 3.8) is 0 Å². The first-order chi connectivity index (χ1) is 13.5. The van der Waals surface area contributed by atoms with Gasteiger partial charge in [-0.15, -0.1) is 11.3 Å². The Kier molecular flexibility index (Phi) is 7.12. The number of benzene rings is 2. The van der Waals surface area contributed by atoms with Gasteiger partial charge in [-0.3, -0.25) is 4.79 Å². The Morgan fingerprint density at radius 3 is 2.82 bits per heavy atom. The number of aromatic nitrogens is 1. The Bertz CT molecular complexity index is 953. The van der Waals surface area contributed by atoms with E-state index in [4.69, 9.17) is 4.74 Å². The van der Waals surface area contributed by atoms with E-state index in [-0.39, 0.29) is 12.3 Å². The number of para-hydroxylation sites is 1. The second-order valence-electron chi connectivity index (χ2n) is 6.59. The number of carbonyl (C=O) groups is 1. The predicted molar refractivity (Wildman–Crippen MR) is 116 cm³/mol. The Morgan fingerprint density at radius 2 is 2.00 bits per heavy atom. The summed E-state index contributed by atoms with van der Waals surface area (Å²) >= 11 is 3.31. The molecule has 3 rings (SSSR count). The molecular weight excluding hydrogens is 388 g/mol. The number of methoxy groups -OCH3 is 1. The minimum atomic E-state index is -0.0396. The molecule has 4 nitrogen and oxygen atoms in total. The molecule has 1 aromatic heterocycles. The van der Waals surface area contributed by atoms with Gasteiger partial charge in [0.25, 0.3) is 0 Å². The SMILES string of the molecule is COc1ccccc1CNC(=O)Cc1csc(SCc2cc(C)ccc2C)n1. The fourth-order valence-electron chi connectivity index (χ4n) is 2.80. The van der Waals surface area contributed by atoms with Crippen LogP contribution < -0.4 is 10.1 Å². The average molecular weight is 413 g/mol. The number of ether oxygens (including phenoxy) is 1. The Morgan fingerprint density at radius 1 is 1.18 bits per heavy atom. The second kappa shape index (κ2) is 9.75. The molecular formula is C22H24N2O2S2. The van der Waals surface area contributed by atoms with Crippen LogP contribution in [0, 0.1) is 13.8 Å². The van der Waals surface area contributed by atoms with Crippen molar-refractivity contribution in [3.05, 3.63) is 75.8 Å². The summed E-state index contributed by atoms with van der Waals surface area (Å²) in [4.78, 5) is 16.9. The van der Waals surface area contributed by atoms with E-state index in [1.54, 1.807) is 30.2 Å². The minimum absolute atomic E-state index is 0.0396. The number of hydrogen-bond acceptors (Lipinski definition) is 5. The maximum absolute atomic E-state index is 12.3. The Hall–Kier alpha value is -2.31. The lowest BCUT2D eigenvalue weighted by molar-refractivity contribution is -0.120. The van der Waals surface area contributed by atoms with Crippen LogP contribution in [0.4, 0.5) is 0 Å². The molecule has 0 bridgehead atoms. The maximum Gasteiger partial charge on any atom is 0.226 e. The summed E-state index contributed by atoms with van der Waals surface area (Å²) < 4.78 is 6.31. The van der Waals surface area contributed by atoms with E-state index in [1.165, 1.54) is 16.7 Å². The molecule has 146 valence electrons. The van der Waals surface area contributed by atoms with Crippen molar-refractivity contribution >= 4 is 29.0 Å². The molecule has 3 aromatic rings. The van der Waals surface area contributed by atoms with Gasteiger partial charge >= 0.3 is 0 Å². The molecule has 1 amide bonds. The molecule has 0 spiro atoms. The first-order valence-corrected chi connectivity index (χ1v) is 10.9. The molecule has 0 unspecified atom stereocenters. The van der Waals surface area contributed by atoms with E-state index < -0.39 is 0 Å². The van der Waals surface area contributed by atoms with Crippen LogP contribution in [0.2, 0.25) is 0 Å². The van der Waals surface area contributed by atoms with Crippen molar-refractivity contribution in [2.45, 2.75) is 36.9 Å². The number of amides is 1. The molecule has 28 heavy (non-hydrogen) atoms. The largest absolute Gasteiger partial charge is 0.496 e. The Balaban J connectivity index is 1.51. The van der Waals surface area contributed by atoms with Crippen molar-refractivity contribution in [2.24, 2.45) is 0 Å². The molecule has 1 N–H and O–H groups in total. The predicted octanol–water partition coefficient (Wildman–Crippen LogP) is 4.92. The van der Waals surface area contributed by atoms with Crippen LogP contribution in [0.1, 0.15) is 27.9 Å². The highest BCUT2D eigenvalue weighted by Crippen LogP contribution is 2.28.